The van der Waals surface area contributed by atoms with Crippen LogP contribution >= 0.6 is 0 Å². The van der Waals surface area contributed by atoms with Crippen LogP contribution in [-0.4, -0.2) is 15.0 Å². The molecule has 0 bridgehead atoms. The number of nitrogens with one attached hydrogen (secondary N) is 2. The van der Waals surface area contributed by atoms with Crippen LogP contribution in [0.15, 0.2) is 42.7 Å². The fourth-order valence-corrected chi connectivity index (χ4v) is 2.51. The van der Waals surface area contributed by atoms with Crippen LogP contribution in [0.3, 0.4) is 0 Å². The quantitative estimate of drug-likeness (QED) is 0.676. The van der Waals surface area contributed by atoms with E-state index in [1.165, 1.54) is 17.5 Å². The molecule has 0 aliphatic heterocycles. The minimum absolute atomic E-state index is 0.444. The summed E-state index contributed by atoms with van der Waals surface area (Å²) in [6, 6.07) is 11.9. The minimum Gasteiger partial charge on any atom is -0.393 e. The fraction of sp³-hybridized carbons (Fsp3) is 0.167. The standard InChI is InChI=1S/C18H20N6/c1-11-7-12(2)9-14(8-11)23-17-16(19)18(21-10-20-17)24-15-6-4-5-13(3)22-15/h4-10H,19H2,1-3H3,(H2,20,21,22,23,24). The molecular weight excluding hydrogens is 300 g/mol. The minimum atomic E-state index is 0.444. The molecule has 0 aliphatic carbocycles. The van der Waals surface area contributed by atoms with Crippen LogP contribution in [0.1, 0.15) is 16.8 Å². The molecule has 1 aromatic carbocycles. The summed E-state index contributed by atoms with van der Waals surface area (Å²) in [6.45, 7) is 6.04. The number of anilines is 5. The van der Waals surface area contributed by atoms with Crippen molar-refractivity contribution in [3.63, 3.8) is 0 Å². The van der Waals surface area contributed by atoms with E-state index in [9.17, 15) is 0 Å². The van der Waals surface area contributed by atoms with Gasteiger partial charge in [0.2, 0.25) is 0 Å². The van der Waals surface area contributed by atoms with E-state index in [1.807, 2.05) is 37.3 Å². The van der Waals surface area contributed by atoms with Crippen LogP contribution in [0.5, 0.6) is 0 Å². The van der Waals surface area contributed by atoms with E-state index in [-0.39, 0.29) is 0 Å². The van der Waals surface area contributed by atoms with E-state index in [1.54, 1.807) is 0 Å². The summed E-state index contributed by atoms with van der Waals surface area (Å²) >= 11 is 0. The molecule has 2 heterocycles. The van der Waals surface area contributed by atoms with Gasteiger partial charge in [-0.2, -0.15) is 0 Å². The van der Waals surface area contributed by atoms with Crippen molar-refractivity contribution in [1.29, 1.82) is 0 Å². The van der Waals surface area contributed by atoms with Crippen LogP contribution in [0.4, 0.5) is 28.8 Å². The summed E-state index contributed by atoms with van der Waals surface area (Å²) in [5.74, 6) is 1.78. The maximum atomic E-state index is 6.22. The van der Waals surface area contributed by atoms with E-state index < -0.39 is 0 Å². The number of aromatic nitrogens is 3. The maximum Gasteiger partial charge on any atom is 0.160 e. The number of nitrogen functional groups attached to an aromatic ring is 1. The first-order valence-electron chi connectivity index (χ1n) is 7.68. The van der Waals surface area contributed by atoms with Crippen molar-refractivity contribution in [2.75, 3.05) is 16.4 Å². The molecule has 0 spiro atoms. The Hall–Kier alpha value is -3.15. The Labute approximate surface area is 141 Å². The normalized spacial score (nSPS) is 10.5. The van der Waals surface area contributed by atoms with Crippen LogP contribution < -0.4 is 16.4 Å². The Kier molecular flexibility index (Phi) is 4.29. The third kappa shape index (κ3) is 3.60. The maximum absolute atomic E-state index is 6.22. The summed E-state index contributed by atoms with van der Waals surface area (Å²) in [6.07, 6.45) is 1.47. The second-order valence-electron chi connectivity index (χ2n) is 5.78. The molecular formula is C18H20N6. The molecule has 0 radical (unpaired) electrons. The van der Waals surface area contributed by atoms with Crippen LogP contribution in [0.2, 0.25) is 0 Å². The molecule has 6 heteroatoms. The highest BCUT2D eigenvalue weighted by molar-refractivity contribution is 5.79. The lowest BCUT2D eigenvalue weighted by Crippen LogP contribution is -2.06. The number of hydrogen-bond acceptors (Lipinski definition) is 6. The van der Waals surface area contributed by atoms with Gasteiger partial charge < -0.3 is 16.4 Å². The number of pyridine rings is 1. The summed E-state index contributed by atoms with van der Waals surface area (Å²) in [5, 5.41) is 6.39. The number of nitrogens with zero attached hydrogens (tertiary/aromatic N) is 3. The lowest BCUT2D eigenvalue weighted by molar-refractivity contribution is 1.15. The molecule has 0 aliphatic rings. The second-order valence-corrected chi connectivity index (χ2v) is 5.78. The van der Waals surface area contributed by atoms with Crippen molar-refractivity contribution in [3.05, 3.63) is 59.5 Å². The predicted octanol–water partition coefficient (Wildman–Crippen LogP) is 3.87. The van der Waals surface area contributed by atoms with E-state index in [2.05, 4.69) is 45.5 Å². The van der Waals surface area contributed by atoms with E-state index in [0.717, 1.165) is 11.4 Å². The van der Waals surface area contributed by atoms with Crippen molar-refractivity contribution >= 4 is 28.8 Å². The van der Waals surface area contributed by atoms with Gasteiger partial charge in [0.05, 0.1) is 0 Å². The molecule has 0 fully saturated rings. The van der Waals surface area contributed by atoms with Crippen molar-refractivity contribution in [3.8, 4) is 0 Å². The second kappa shape index (κ2) is 6.54. The number of aryl methyl sites for hydroxylation is 3. The largest absolute Gasteiger partial charge is 0.393 e. The molecule has 2 aromatic heterocycles. The highest BCUT2D eigenvalue weighted by atomic mass is 15.1. The first-order valence-corrected chi connectivity index (χ1v) is 7.68. The van der Waals surface area contributed by atoms with Gasteiger partial charge in [-0.15, -0.1) is 0 Å². The molecule has 6 nitrogen and oxygen atoms in total. The van der Waals surface area contributed by atoms with Gasteiger partial charge in [0, 0.05) is 11.4 Å². The Morgan fingerprint density at radius 3 is 2.21 bits per heavy atom. The molecule has 0 unspecified atom stereocenters. The van der Waals surface area contributed by atoms with Crippen LogP contribution in [0.25, 0.3) is 0 Å². The fourth-order valence-electron chi connectivity index (χ4n) is 2.51. The summed E-state index contributed by atoms with van der Waals surface area (Å²) in [7, 11) is 0. The first-order chi connectivity index (χ1) is 11.5. The SMILES string of the molecule is Cc1cc(C)cc(Nc2ncnc(Nc3cccc(C)n3)c2N)c1. The molecule has 24 heavy (non-hydrogen) atoms. The zero-order valence-electron chi connectivity index (χ0n) is 14.0. The molecule has 0 saturated carbocycles. The number of rotatable bonds is 4. The van der Waals surface area contributed by atoms with Gasteiger partial charge in [-0.3, -0.25) is 0 Å². The number of nitrogens with two attached hydrogens (primary N) is 1. The first kappa shape index (κ1) is 15.7. The summed E-state index contributed by atoms with van der Waals surface area (Å²) < 4.78 is 0. The molecule has 3 rings (SSSR count). The van der Waals surface area contributed by atoms with Gasteiger partial charge in [0.1, 0.15) is 17.8 Å². The summed E-state index contributed by atoms with van der Waals surface area (Å²) in [4.78, 5) is 12.9. The summed E-state index contributed by atoms with van der Waals surface area (Å²) in [5.41, 5.74) is 10.9. The van der Waals surface area contributed by atoms with Crippen LogP contribution in [0, 0.1) is 20.8 Å². The Morgan fingerprint density at radius 2 is 1.54 bits per heavy atom. The Balaban J connectivity index is 1.88. The highest BCUT2D eigenvalue weighted by Crippen LogP contribution is 2.28. The zero-order chi connectivity index (χ0) is 17.1. The monoisotopic (exact) mass is 320 g/mol. The van der Waals surface area contributed by atoms with E-state index >= 15 is 0 Å². The predicted molar refractivity (Wildman–Crippen MR) is 97.9 cm³/mol. The van der Waals surface area contributed by atoms with Gasteiger partial charge in [0.25, 0.3) is 0 Å². The van der Waals surface area contributed by atoms with Crippen molar-refractivity contribution in [1.82, 2.24) is 15.0 Å². The smallest absolute Gasteiger partial charge is 0.160 e. The van der Waals surface area contributed by atoms with Gasteiger partial charge in [-0.25, -0.2) is 15.0 Å². The highest BCUT2D eigenvalue weighted by Gasteiger charge is 2.09. The molecule has 122 valence electrons. The third-order valence-electron chi connectivity index (χ3n) is 3.50. The molecule has 4 N–H and O–H groups in total. The average molecular weight is 320 g/mol. The Bertz CT molecular complexity index is 855. The van der Waals surface area contributed by atoms with Gasteiger partial charge in [0.15, 0.2) is 11.6 Å². The molecule has 3 aromatic rings. The average Bonchev–Trinajstić information content (AvgIpc) is 2.50. The Morgan fingerprint density at radius 1 is 0.875 bits per heavy atom. The number of benzene rings is 1. The zero-order valence-corrected chi connectivity index (χ0v) is 14.0. The number of hydrogen-bond donors (Lipinski definition) is 3. The molecule has 0 atom stereocenters. The molecule has 0 saturated heterocycles. The lowest BCUT2D eigenvalue weighted by atomic mass is 10.1. The third-order valence-corrected chi connectivity index (χ3v) is 3.50. The van der Waals surface area contributed by atoms with E-state index in [0.29, 0.717) is 23.1 Å². The van der Waals surface area contributed by atoms with Gasteiger partial charge in [-0.05, 0) is 56.2 Å². The van der Waals surface area contributed by atoms with Gasteiger partial charge >= 0.3 is 0 Å². The van der Waals surface area contributed by atoms with Crippen molar-refractivity contribution in [2.45, 2.75) is 20.8 Å². The van der Waals surface area contributed by atoms with Crippen LogP contribution in [-0.2, 0) is 0 Å². The van der Waals surface area contributed by atoms with Gasteiger partial charge in [-0.1, -0.05) is 12.1 Å². The van der Waals surface area contributed by atoms with Crippen molar-refractivity contribution in [2.24, 2.45) is 0 Å². The molecule has 0 amide bonds. The van der Waals surface area contributed by atoms with E-state index in [4.69, 9.17) is 5.73 Å². The lowest BCUT2D eigenvalue weighted by Gasteiger charge is -2.13. The van der Waals surface area contributed by atoms with Crippen molar-refractivity contribution < 1.29 is 0 Å². The topological polar surface area (TPSA) is 88.8 Å².